The number of halogens is 1. The van der Waals surface area contributed by atoms with Gasteiger partial charge in [-0.25, -0.2) is 15.0 Å². The molecule has 3 aromatic carbocycles. The lowest BCUT2D eigenvalue weighted by Gasteiger charge is -2.28. The third kappa shape index (κ3) is 8.45. The van der Waals surface area contributed by atoms with Crippen molar-refractivity contribution in [2.45, 2.75) is 26.5 Å². The lowest BCUT2D eigenvalue weighted by atomic mass is 9.95. The molecule has 3 aromatic rings. The fourth-order valence-electron chi connectivity index (χ4n) is 4.44. The summed E-state index contributed by atoms with van der Waals surface area (Å²) in [6, 6.07) is 16.6. The number of esters is 1. The van der Waals surface area contributed by atoms with Gasteiger partial charge in [0.2, 0.25) is 0 Å². The van der Waals surface area contributed by atoms with Crippen LogP contribution in [0.15, 0.2) is 77.0 Å². The fraction of sp³-hybridized carbons (Fsp3) is 0.250. The quantitative estimate of drug-likeness (QED) is 0.140. The Hall–Kier alpha value is -5.23. The van der Waals surface area contributed by atoms with Crippen LogP contribution < -0.4 is 35.0 Å². The maximum Gasteiger partial charge on any atom is 0.338 e. The molecule has 45 heavy (non-hydrogen) atoms. The lowest BCUT2D eigenvalue weighted by Crippen LogP contribution is -2.45. The van der Waals surface area contributed by atoms with E-state index in [2.05, 4.69) is 21.2 Å². The Balaban J connectivity index is 1.37. The maximum atomic E-state index is 12.6. The highest BCUT2D eigenvalue weighted by Gasteiger charge is 2.32. The predicted molar refractivity (Wildman–Crippen MR) is 167 cm³/mol. The number of nitrogens with zero attached hydrogens (tertiary/aromatic N) is 1. The second-order valence-corrected chi connectivity index (χ2v) is 10.00. The molecule has 0 fully saturated rings. The summed E-state index contributed by atoms with van der Waals surface area (Å²) in [5.74, 6) is 0.261. The topological polar surface area (TPSA) is 146 Å². The number of nitrogens with one attached hydrogen (secondary N) is 3. The highest BCUT2D eigenvalue weighted by molar-refractivity contribution is 6.32. The number of urea groups is 1. The van der Waals surface area contributed by atoms with E-state index in [0.717, 1.165) is 5.56 Å². The summed E-state index contributed by atoms with van der Waals surface area (Å²) < 4.78 is 27.6. The number of hydrazone groups is 1. The number of benzene rings is 3. The first-order valence-corrected chi connectivity index (χ1v) is 14.2. The summed E-state index contributed by atoms with van der Waals surface area (Å²) in [6.45, 7) is 3.43. The van der Waals surface area contributed by atoms with Crippen LogP contribution in [0.4, 0.5) is 4.79 Å². The molecule has 1 aliphatic heterocycles. The standard InChI is InChI=1S/C32H33ClN4O8/c1-5-43-31(39)28-19(2)35-32(40)36-29(28)22-11-12-24(25(15-22)41-3)44-18-27(38)37-34-16-21-13-23(33)30(26(14-21)42-4)45-17-20-9-7-6-8-10-20/h6-16,29H,5,17-18H2,1-4H3,(H,37,38)(H2,35,36,40)/b34-16-/t29-/m0/s1. The Morgan fingerprint density at radius 1 is 1.00 bits per heavy atom. The number of methoxy groups -OCH3 is 2. The fourth-order valence-corrected chi connectivity index (χ4v) is 4.72. The lowest BCUT2D eigenvalue weighted by molar-refractivity contribution is -0.139. The zero-order chi connectivity index (χ0) is 32.3. The van der Waals surface area contributed by atoms with Gasteiger partial charge in [0.15, 0.2) is 29.6 Å². The van der Waals surface area contributed by atoms with Crippen molar-refractivity contribution in [3.8, 4) is 23.0 Å². The summed E-state index contributed by atoms with van der Waals surface area (Å²) in [6.07, 6.45) is 1.41. The van der Waals surface area contributed by atoms with Crippen LogP contribution in [0.3, 0.4) is 0 Å². The van der Waals surface area contributed by atoms with Crippen LogP contribution in [0.25, 0.3) is 0 Å². The van der Waals surface area contributed by atoms with Crippen LogP contribution >= 0.6 is 11.6 Å². The van der Waals surface area contributed by atoms with E-state index in [4.69, 9.17) is 35.3 Å². The first-order valence-electron chi connectivity index (χ1n) is 13.9. The molecule has 0 radical (unpaired) electrons. The molecule has 13 heteroatoms. The van der Waals surface area contributed by atoms with Gasteiger partial charge in [0, 0.05) is 5.70 Å². The van der Waals surface area contributed by atoms with Gasteiger partial charge in [0.1, 0.15) is 6.61 Å². The molecule has 4 rings (SSSR count). The Kier molecular flexibility index (Phi) is 11.2. The highest BCUT2D eigenvalue weighted by Crippen LogP contribution is 2.37. The predicted octanol–water partition coefficient (Wildman–Crippen LogP) is 4.66. The average molecular weight is 637 g/mol. The summed E-state index contributed by atoms with van der Waals surface area (Å²) in [4.78, 5) is 37.2. The van der Waals surface area contributed by atoms with Crippen LogP contribution in [0, 0.1) is 0 Å². The van der Waals surface area contributed by atoms with Crippen LogP contribution in [0.2, 0.25) is 5.02 Å². The molecule has 3 amide bonds. The van der Waals surface area contributed by atoms with Crippen LogP contribution in [0.5, 0.6) is 23.0 Å². The van der Waals surface area contributed by atoms with Crippen molar-refractivity contribution in [2.75, 3.05) is 27.4 Å². The largest absolute Gasteiger partial charge is 0.493 e. The number of carbonyl (C=O) groups is 3. The van der Waals surface area contributed by atoms with Crippen LogP contribution in [0.1, 0.15) is 36.6 Å². The first-order chi connectivity index (χ1) is 21.7. The van der Waals surface area contributed by atoms with Gasteiger partial charge in [0.05, 0.1) is 43.7 Å². The second-order valence-electron chi connectivity index (χ2n) is 9.59. The van der Waals surface area contributed by atoms with Gasteiger partial charge in [-0.1, -0.05) is 48.0 Å². The van der Waals surface area contributed by atoms with Gasteiger partial charge in [-0.3, -0.25) is 4.79 Å². The Morgan fingerprint density at radius 3 is 2.47 bits per heavy atom. The molecule has 0 spiro atoms. The third-order valence-electron chi connectivity index (χ3n) is 6.52. The number of ether oxygens (including phenoxy) is 5. The molecule has 0 saturated carbocycles. The number of amides is 3. The molecule has 3 N–H and O–H groups in total. The van der Waals surface area contributed by atoms with Gasteiger partial charge in [-0.05, 0) is 54.8 Å². The third-order valence-corrected chi connectivity index (χ3v) is 6.81. The van der Waals surface area contributed by atoms with Gasteiger partial charge < -0.3 is 34.3 Å². The SMILES string of the molecule is CCOC(=O)C1=C(C)NC(=O)N[C@H]1c1ccc(OCC(=O)N/N=C\c2cc(Cl)c(OCc3ccccc3)c(OC)c2)c(OC)c1. The zero-order valence-electron chi connectivity index (χ0n) is 25.1. The van der Waals surface area contributed by atoms with E-state index in [1.165, 1.54) is 20.4 Å². The second kappa shape index (κ2) is 15.5. The maximum absolute atomic E-state index is 12.6. The number of carbonyl (C=O) groups excluding carboxylic acids is 3. The molecule has 1 heterocycles. The smallest absolute Gasteiger partial charge is 0.338 e. The minimum atomic E-state index is -0.782. The van der Waals surface area contributed by atoms with E-state index in [1.807, 2.05) is 30.3 Å². The summed E-state index contributed by atoms with van der Waals surface area (Å²) in [5.41, 5.74) is 5.14. The van der Waals surface area contributed by atoms with E-state index in [-0.39, 0.29) is 30.3 Å². The minimum Gasteiger partial charge on any atom is -0.493 e. The van der Waals surface area contributed by atoms with Crippen molar-refractivity contribution in [2.24, 2.45) is 5.10 Å². The van der Waals surface area contributed by atoms with Gasteiger partial charge >= 0.3 is 12.0 Å². The van der Waals surface area contributed by atoms with Crippen molar-refractivity contribution in [3.63, 3.8) is 0 Å². The number of rotatable bonds is 13. The van der Waals surface area contributed by atoms with Crippen molar-refractivity contribution in [3.05, 3.63) is 93.6 Å². The number of allylic oxidation sites excluding steroid dienone is 1. The molecule has 1 aliphatic rings. The molecule has 0 aromatic heterocycles. The first kappa shape index (κ1) is 32.7. The highest BCUT2D eigenvalue weighted by atomic mass is 35.5. The van der Waals surface area contributed by atoms with Gasteiger partial charge in [0.25, 0.3) is 5.91 Å². The normalized spacial score (nSPS) is 14.3. The van der Waals surface area contributed by atoms with Crippen molar-refractivity contribution < 1.29 is 38.1 Å². The number of hydrogen-bond acceptors (Lipinski definition) is 9. The molecule has 0 unspecified atom stereocenters. The summed E-state index contributed by atoms with van der Waals surface area (Å²) in [7, 11) is 2.93. The van der Waals surface area contributed by atoms with Crippen molar-refractivity contribution in [1.82, 2.24) is 16.1 Å². The molecular weight excluding hydrogens is 604 g/mol. The van der Waals surface area contributed by atoms with E-state index in [1.54, 1.807) is 44.2 Å². The molecule has 236 valence electrons. The molecule has 12 nitrogen and oxygen atoms in total. The van der Waals surface area contributed by atoms with Crippen LogP contribution in [-0.4, -0.2) is 51.6 Å². The molecule has 0 saturated heterocycles. The Bertz CT molecular complexity index is 1610. The molecule has 0 aliphatic carbocycles. The van der Waals surface area contributed by atoms with E-state index in [0.29, 0.717) is 40.0 Å². The Morgan fingerprint density at radius 2 is 1.76 bits per heavy atom. The molecule has 0 bridgehead atoms. The molecular formula is C32H33ClN4O8. The van der Waals surface area contributed by atoms with Gasteiger partial charge in [-0.2, -0.15) is 5.10 Å². The van der Waals surface area contributed by atoms with Crippen molar-refractivity contribution in [1.29, 1.82) is 0 Å². The average Bonchev–Trinajstić information content (AvgIpc) is 3.03. The summed E-state index contributed by atoms with van der Waals surface area (Å²) >= 11 is 6.44. The monoisotopic (exact) mass is 636 g/mol. The van der Waals surface area contributed by atoms with E-state index >= 15 is 0 Å². The van der Waals surface area contributed by atoms with Gasteiger partial charge in [-0.15, -0.1) is 0 Å². The zero-order valence-corrected chi connectivity index (χ0v) is 25.9. The Labute approximate surface area is 265 Å². The molecule has 1 atom stereocenters. The van der Waals surface area contributed by atoms with Crippen molar-refractivity contribution >= 4 is 35.7 Å². The number of hydrogen-bond donors (Lipinski definition) is 3. The van der Waals surface area contributed by atoms with E-state index in [9.17, 15) is 14.4 Å². The van der Waals surface area contributed by atoms with Crippen LogP contribution in [-0.2, 0) is 20.9 Å². The summed E-state index contributed by atoms with van der Waals surface area (Å²) in [5, 5.41) is 9.62. The van der Waals surface area contributed by atoms with E-state index < -0.39 is 23.9 Å². The minimum absolute atomic E-state index is 0.177.